The number of hydrogen-bond donors (Lipinski definition) is 5. The van der Waals surface area contributed by atoms with E-state index in [2.05, 4.69) is 56.9 Å². The van der Waals surface area contributed by atoms with Crippen LogP contribution >= 0.6 is 11.3 Å². The summed E-state index contributed by atoms with van der Waals surface area (Å²) in [4.78, 5) is 16.7. The number of aryl methyl sites for hydroxylation is 1. The number of nitrogens with zero attached hydrogens (tertiary/aromatic N) is 1. The van der Waals surface area contributed by atoms with E-state index in [0.717, 1.165) is 40.9 Å². The summed E-state index contributed by atoms with van der Waals surface area (Å²) >= 11 is 1.57. The van der Waals surface area contributed by atoms with E-state index in [9.17, 15) is 4.79 Å². The van der Waals surface area contributed by atoms with Gasteiger partial charge in [-0.25, -0.2) is 9.78 Å². The van der Waals surface area contributed by atoms with Crippen LogP contribution < -0.4 is 26.8 Å². The number of urea groups is 1. The van der Waals surface area contributed by atoms with Gasteiger partial charge in [0.05, 0.1) is 5.69 Å². The van der Waals surface area contributed by atoms with E-state index in [1.54, 1.807) is 11.3 Å². The highest BCUT2D eigenvalue weighted by molar-refractivity contribution is 7.14. The third kappa shape index (κ3) is 5.32. The van der Waals surface area contributed by atoms with Gasteiger partial charge in [-0.2, -0.15) is 0 Å². The highest BCUT2D eigenvalue weighted by Crippen LogP contribution is 2.28. The van der Waals surface area contributed by atoms with Gasteiger partial charge < -0.3 is 16.0 Å². The van der Waals surface area contributed by atoms with Crippen molar-refractivity contribution in [2.75, 3.05) is 30.3 Å². The molecule has 0 aliphatic carbocycles. The van der Waals surface area contributed by atoms with Crippen LogP contribution in [0.3, 0.4) is 0 Å². The van der Waals surface area contributed by atoms with Crippen LogP contribution in [0.4, 0.5) is 21.3 Å². The molecule has 2 heterocycles. The van der Waals surface area contributed by atoms with Gasteiger partial charge in [0.15, 0.2) is 5.13 Å². The molecule has 2 amide bonds. The molecule has 0 spiro atoms. The first kappa shape index (κ1) is 19.4. The van der Waals surface area contributed by atoms with Gasteiger partial charge in [0.2, 0.25) is 0 Å². The first-order chi connectivity index (χ1) is 14.2. The summed E-state index contributed by atoms with van der Waals surface area (Å²) in [6.45, 7) is 4.44. The molecule has 1 fully saturated rings. The molecule has 5 N–H and O–H groups in total. The Morgan fingerprint density at radius 1 is 1.14 bits per heavy atom. The fraction of sp³-hybridized carbons (Fsp3) is 0.238. The second kappa shape index (κ2) is 9.04. The van der Waals surface area contributed by atoms with Crippen molar-refractivity contribution in [3.8, 4) is 11.3 Å². The van der Waals surface area contributed by atoms with Gasteiger partial charge in [-0.3, -0.25) is 10.9 Å². The van der Waals surface area contributed by atoms with E-state index in [0.29, 0.717) is 12.5 Å². The van der Waals surface area contributed by atoms with E-state index < -0.39 is 0 Å². The second-order valence-corrected chi connectivity index (χ2v) is 7.93. The molecule has 7 nitrogen and oxygen atoms in total. The van der Waals surface area contributed by atoms with Crippen LogP contribution in [-0.2, 0) is 0 Å². The summed E-state index contributed by atoms with van der Waals surface area (Å²) in [5.41, 5.74) is 11.1. The zero-order valence-corrected chi connectivity index (χ0v) is 17.0. The van der Waals surface area contributed by atoms with Gasteiger partial charge in [-0.15, -0.1) is 11.3 Å². The Morgan fingerprint density at radius 2 is 1.90 bits per heavy atom. The molecule has 1 saturated heterocycles. The molecular weight excluding hydrogens is 384 g/mol. The lowest BCUT2D eigenvalue weighted by Gasteiger charge is -2.11. The number of rotatable bonds is 6. The van der Waals surface area contributed by atoms with E-state index >= 15 is 0 Å². The zero-order chi connectivity index (χ0) is 20.1. The maximum atomic E-state index is 12.0. The Morgan fingerprint density at radius 3 is 2.66 bits per heavy atom. The number of benzene rings is 2. The fourth-order valence-electron chi connectivity index (χ4n) is 3.09. The van der Waals surface area contributed by atoms with E-state index in [4.69, 9.17) is 0 Å². The van der Waals surface area contributed by atoms with Gasteiger partial charge in [0, 0.05) is 47.9 Å². The Kier molecular flexibility index (Phi) is 6.04. The van der Waals surface area contributed by atoms with Crippen molar-refractivity contribution in [1.29, 1.82) is 0 Å². The molecule has 1 aliphatic rings. The van der Waals surface area contributed by atoms with E-state index in [-0.39, 0.29) is 6.03 Å². The maximum Gasteiger partial charge on any atom is 0.319 e. The largest absolute Gasteiger partial charge is 0.337 e. The minimum atomic E-state index is -0.194. The molecule has 8 heteroatoms. The minimum Gasteiger partial charge on any atom is -0.337 e. The molecule has 0 bridgehead atoms. The molecule has 3 aromatic rings. The molecule has 1 aliphatic heterocycles. The van der Waals surface area contributed by atoms with Crippen molar-refractivity contribution in [1.82, 2.24) is 21.2 Å². The lowest BCUT2D eigenvalue weighted by Crippen LogP contribution is -2.34. The average molecular weight is 409 g/mol. The summed E-state index contributed by atoms with van der Waals surface area (Å²) in [5, 5.41) is 11.9. The summed E-state index contributed by atoms with van der Waals surface area (Å²) in [6.07, 6.45) is 0. The van der Waals surface area contributed by atoms with Gasteiger partial charge in [0.25, 0.3) is 0 Å². The number of aromatic nitrogens is 1. The van der Waals surface area contributed by atoms with Crippen molar-refractivity contribution < 1.29 is 4.79 Å². The van der Waals surface area contributed by atoms with Gasteiger partial charge in [-0.05, 0) is 37.3 Å². The number of carbonyl (C=O) groups excluding carboxylic acids is 1. The van der Waals surface area contributed by atoms with Crippen LogP contribution in [0.25, 0.3) is 11.3 Å². The normalized spacial score (nSPS) is 14.0. The number of thiazole rings is 1. The topological polar surface area (TPSA) is 90.1 Å². The summed E-state index contributed by atoms with van der Waals surface area (Å²) in [5.74, 6) is 0.412. The van der Waals surface area contributed by atoms with Crippen molar-refractivity contribution in [3.05, 3.63) is 59.5 Å². The summed E-state index contributed by atoms with van der Waals surface area (Å²) < 4.78 is 0. The maximum absolute atomic E-state index is 12.0. The van der Waals surface area contributed by atoms with Crippen LogP contribution in [0.2, 0.25) is 0 Å². The summed E-state index contributed by atoms with van der Waals surface area (Å²) in [6, 6.07) is 15.7. The number of anilines is 3. The number of hydrazine groups is 1. The molecule has 29 heavy (non-hydrogen) atoms. The smallest absolute Gasteiger partial charge is 0.319 e. The fourth-order valence-corrected chi connectivity index (χ4v) is 3.83. The molecule has 150 valence electrons. The number of hydrogen-bond acceptors (Lipinski definition) is 6. The lowest BCUT2D eigenvalue weighted by atomic mass is 10.1. The Bertz CT molecular complexity index is 965. The minimum absolute atomic E-state index is 0.194. The molecule has 2 aromatic carbocycles. The molecule has 0 atom stereocenters. The highest BCUT2D eigenvalue weighted by atomic mass is 32.1. The molecule has 0 saturated carbocycles. The van der Waals surface area contributed by atoms with Gasteiger partial charge in [-0.1, -0.05) is 23.8 Å². The van der Waals surface area contributed by atoms with Crippen LogP contribution in [-0.4, -0.2) is 30.6 Å². The van der Waals surface area contributed by atoms with Gasteiger partial charge >= 0.3 is 6.03 Å². The Hall–Kier alpha value is -2.94. The van der Waals surface area contributed by atoms with Crippen LogP contribution in [0.1, 0.15) is 5.56 Å². The van der Waals surface area contributed by atoms with Crippen molar-refractivity contribution in [2.24, 2.45) is 5.92 Å². The quantitative estimate of drug-likeness (QED) is 0.429. The van der Waals surface area contributed by atoms with Crippen molar-refractivity contribution in [3.63, 3.8) is 0 Å². The molecular formula is C21H24N6OS. The van der Waals surface area contributed by atoms with E-state index in [1.165, 1.54) is 5.56 Å². The number of nitrogens with one attached hydrogen (secondary N) is 5. The Labute approximate surface area is 173 Å². The SMILES string of the molecule is Cc1cccc(-c2csc(Nc3ccc(NC(=O)NCC4CNNC4)cc3)n2)c1. The van der Waals surface area contributed by atoms with Crippen molar-refractivity contribution in [2.45, 2.75) is 6.92 Å². The zero-order valence-electron chi connectivity index (χ0n) is 16.2. The van der Waals surface area contributed by atoms with Crippen LogP contribution in [0.15, 0.2) is 53.9 Å². The number of amides is 2. The first-order valence-corrected chi connectivity index (χ1v) is 10.4. The Balaban J connectivity index is 1.31. The third-order valence-electron chi connectivity index (χ3n) is 4.67. The summed E-state index contributed by atoms with van der Waals surface area (Å²) in [7, 11) is 0. The standard InChI is InChI=1S/C21H24N6OS/c1-14-3-2-4-16(9-14)19-13-29-21(27-19)26-18-7-5-17(6-8-18)25-20(28)22-10-15-11-23-24-12-15/h2-9,13,15,23-24H,10-12H2,1H3,(H,26,27)(H2,22,25,28). The number of carbonyl (C=O) groups is 1. The highest BCUT2D eigenvalue weighted by Gasteiger charge is 2.14. The lowest BCUT2D eigenvalue weighted by molar-refractivity contribution is 0.250. The molecule has 0 unspecified atom stereocenters. The molecule has 0 radical (unpaired) electrons. The third-order valence-corrected chi connectivity index (χ3v) is 5.43. The van der Waals surface area contributed by atoms with E-state index in [1.807, 2.05) is 35.7 Å². The van der Waals surface area contributed by atoms with Gasteiger partial charge in [0.1, 0.15) is 0 Å². The molecule has 1 aromatic heterocycles. The second-order valence-electron chi connectivity index (χ2n) is 7.07. The van der Waals surface area contributed by atoms with Crippen molar-refractivity contribution >= 4 is 33.9 Å². The first-order valence-electron chi connectivity index (χ1n) is 9.56. The average Bonchev–Trinajstić information content (AvgIpc) is 3.40. The molecule has 4 rings (SSSR count). The van der Waals surface area contributed by atoms with Crippen LogP contribution in [0, 0.1) is 12.8 Å². The monoisotopic (exact) mass is 408 g/mol. The predicted molar refractivity (Wildman–Crippen MR) is 119 cm³/mol. The van der Waals surface area contributed by atoms with Crippen LogP contribution in [0.5, 0.6) is 0 Å². The predicted octanol–water partition coefficient (Wildman–Crippen LogP) is 3.71.